The third kappa shape index (κ3) is 7.02. The molecule has 26 heavy (non-hydrogen) atoms. The molecular formula is C17H21ClN2O6. The molecule has 0 unspecified atom stereocenters. The SMILES string of the molecule is CCNC(=O)NC(=O)COC(=O)/C=C/c1cc(Cl)c(OCC)c(OC)c1. The number of halogens is 1. The van der Waals surface area contributed by atoms with E-state index >= 15 is 0 Å². The van der Waals surface area contributed by atoms with Crippen molar-refractivity contribution in [2.75, 3.05) is 26.9 Å². The molecule has 0 aliphatic rings. The van der Waals surface area contributed by atoms with E-state index < -0.39 is 24.5 Å². The Bertz CT molecular complexity index is 690. The van der Waals surface area contributed by atoms with E-state index in [9.17, 15) is 14.4 Å². The number of methoxy groups -OCH3 is 1. The molecule has 0 saturated carbocycles. The highest BCUT2D eigenvalue weighted by molar-refractivity contribution is 6.32. The molecule has 0 aliphatic carbocycles. The van der Waals surface area contributed by atoms with Crippen molar-refractivity contribution < 1.29 is 28.6 Å². The molecule has 0 heterocycles. The number of benzene rings is 1. The van der Waals surface area contributed by atoms with Crippen molar-refractivity contribution in [1.29, 1.82) is 0 Å². The fraction of sp³-hybridized carbons (Fsp3) is 0.353. The Labute approximate surface area is 156 Å². The van der Waals surface area contributed by atoms with Crippen molar-refractivity contribution in [3.05, 3.63) is 28.8 Å². The number of imide groups is 1. The van der Waals surface area contributed by atoms with Gasteiger partial charge in [0.05, 0.1) is 18.7 Å². The maximum atomic E-state index is 11.7. The van der Waals surface area contributed by atoms with Crippen molar-refractivity contribution in [3.8, 4) is 11.5 Å². The van der Waals surface area contributed by atoms with Crippen LogP contribution in [0.2, 0.25) is 5.02 Å². The fourth-order valence-corrected chi connectivity index (χ4v) is 2.11. The first kappa shape index (κ1) is 21.3. The highest BCUT2D eigenvalue weighted by Gasteiger charge is 2.11. The van der Waals surface area contributed by atoms with Crippen LogP contribution in [-0.2, 0) is 14.3 Å². The molecule has 0 spiro atoms. The van der Waals surface area contributed by atoms with E-state index in [0.29, 0.717) is 35.2 Å². The number of rotatable bonds is 8. The molecular weight excluding hydrogens is 364 g/mol. The molecule has 1 aromatic carbocycles. The standard InChI is InChI=1S/C17H21ClN2O6/c1-4-19-17(23)20-14(21)10-26-15(22)7-6-11-8-12(18)16(25-5-2)13(9-11)24-3/h6-9H,4-5,10H2,1-3H3,(H2,19,20,21,23)/b7-6+. The lowest BCUT2D eigenvalue weighted by Gasteiger charge is -2.11. The largest absolute Gasteiger partial charge is 0.493 e. The molecule has 0 saturated heterocycles. The minimum absolute atomic E-state index is 0.334. The number of amides is 3. The summed E-state index contributed by atoms with van der Waals surface area (Å²) in [4.78, 5) is 34.2. The van der Waals surface area contributed by atoms with Crippen LogP contribution < -0.4 is 20.1 Å². The molecule has 142 valence electrons. The second-order valence-corrected chi connectivity index (χ2v) is 5.22. The average Bonchev–Trinajstić information content (AvgIpc) is 2.60. The van der Waals surface area contributed by atoms with Crippen molar-refractivity contribution in [2.24, 2.45) is 0 Å². The second kappa shape index (κ2) is 11.0. The maximum Gasteiger partial charge on any atom is 0.331 e. The Morgan fingerprint density at radius 1 is 1.23 bits per heavy atom. The summed E-state index contributed by atoms with van der Waals surface area (Å²) in [5, 5.41) is 4.73. The molecule has 3 amide bonds. The molecule has 0 fully saturated rings. The van der Waals surface area contributed by atoms with Gasteiger partial charge in [0.25, 0.3) is 5.91 Å². The lowest BCUT2D eigenvalue weighted by atomic mass is 10.2. The average molecular weight is 385 g/mol. The van der Waals surface area contributed by atoms with Crippen molar-refractivity contribution >= 4 is 35.6 Å². The van der Waals surface area contributed by atoms with Crippen LogP contribution in [0, 0.1) is 0 Å². The van der Waals surface area contributed by atoms with Gasteiger partial charge in [-0.05, 0) is 37.6 Å². The van der Waals surface area contributed by atoms with Crippen LogP contribution in [0.15, 0.2) is 18.2 Å². The number of esters is 1. The Morgan fingerprint density at radius 3 is 2.58 bits per heavy atom. The van der Waals surface area contributed by atoms with Gasteiger partial charge in [-0.25, -0.2) is 9.59 Å². The van der Waals surface area contributed by atoms with Crippen LogP contribution in [0.4, 0.5) is 4.79 Å². The lowest BCUT2D eigenvalue weighted by molar-refractivity contribution is -0.143. The molecule has 0 atom stereocenters. The summed E-state index contributed by atoms with van der Waals surface area (Å²) in [5.74, 6) is -0.643. The van der Waals surface area contributed by atoms with Gasteiger partial charge in [0, 0.05) is 12.6 Å². The molecule has 0 bridgehead atoms. The first-order valence-corrected chi connectivity index (χ1v) is 8.21. The molecule has 9 heteroatoms. The first-order chi connectivity index (χ1) is 12.4. The summed E-state index contributed by atoms with van der Waals surface area (Å²) in [6, 6.07) is 2.59. The Kier molecular flexibility index (Phi) is 9.00. The summed E-state index contributed by atoms with van der Waals surface area (Å²) in [7, 11) is 1.48. The van der Waals surface area contributed by atoms with E-state index in [1.165, 1.54) is 13.2 Å². The van der Waals surface area contributed by atoms with E-state index in [1.807, 2.05) is 12.2 Å². The third-order valence-corrected chi connectivity index (χ3v) is 3.17. The summed E-state index contributed by atoms with van der Waals surface area (Å²) in [5.41, 5.74) is 0.582. The third-order valence-electron chi connectivity index (χ3n) is 2.89. The summed E-state index contributed by atoms with van der Waals surface area (Å²) in [6.45, 7) is 3.75. The molecule has 0 radical (unpaired) electrons. The van der Waals surface area contributed by atoms with Crippen molar-refractivity contribution in [2.45, 2.75) is 13.8 Å². The van der Waals surface area contributed by atoms with E-state index in [2.05, 4.69) is 5.32 Å². The highest BCUT2D eigenvalue weighted by Crippen LogP contribution is 2.36. The zero-order chi connectivity index (χ0) is 19.5. The summed E-state index contributed by atoms with van der Waals surface area (Å²) in [6.07, 6.45) is 2.58. The predicted octanol–water partition coefficient (Wildman–Crippen LogP) is 2.15. The van der Waals surface area contributed by atoms with Gasteiger partial charge in [0.15, 0.2) is 18.1 Å². The molecule has 8 nitrogen and oxygen atoms in total. The topological polar surface area (TPSA) is 103 Å². The maximum absolute atomic E-state index is 11.7. The Hall–Kier alpha value is -2.74. The number of hydrogen-bond acceptors (Lipinski definition) is 6. The lowest BCUT2D eigenvalue weighted by Crippen LogP contribution is -2.41. The van der Waals surface area contributed by atoms with Crippen molar-refractivity contribution in [1.82, 2.24) is 10.6 Å². The van der Waals surface area contributed by atoms with Crippen LogP contribution in [-0.4, -0.2) is 44.8 Å². The van der Waals surface area contributed by atoms with Gasteiger partial charge in [-0.15, -0.1) is 0 Å². The van der Waals surface area contributed by atoms with E-state index in [4.69, 9.17) is 25.8 Å². The van der Waals surface area contributed by atoms with Gasteiger partial charge in [0.1, 0.15) is 0 Å². The highest BCUT2D eigenvalue weighted by atomic mass is 35.5. The number of ether oxygens (including phenoxy) is 3. The number of carbonyl (C=O) groups is 3. The minimum atomic E-state index is -0.750. The van der Waals surface area contributed by atoms with Gasteiger partial charge in [-0.3, -0.25) is 10.1 Å². The summed E-state index contributed by atoms with van der Waals surface area (Å²) < 4.78 is 15.4. The molecule has 0 aliphatic heterocycles. The fourth-order valence-electron chi connectivity index (χ4n) is 1.84. The normalized spacial score (nSPS) is 10.3. The second-order valence-electron chi connectivity index (χ2n) is 4.82. The van der Waals surface area contributed by atoms with Crippen LogP contribution in [0.25, 0.3) is 6.08 Å². The van der Waals surface area contributed by atoms with Crippen molar-refractivity contribution in [3.63, 3.8) is 0 Å². The van der Waals surface area contributed by atoms with Gasteiger partial charge < -0.3 is 19.5 Å². The molecule has 1 aromatic rings. The van der Waals surface area contributed by atoms with Gasteiger partial charge in [0.2, 0.25) is 0 Å². The predicted molar refractivity (Wildman–Crippen MR) is 96.4 cm³/mol. The number of urea groups is 1. The zero-order valence-electron chi connectivity index (χ0n) is 14.8. The first-order valence-electron chi connectivity index (χ1n) is 7.84. The zero-order valence-corrected chi connectivity index (χ0v) is 15.5. The smallest absolute Gasteiger partial charge is 0.331 e. The quantitative estimate of drug-likeness (QED) is 0.526. The van der Waals surface area contributed by atoms with Crippen LogP contribution in [0.1, 0.15) is 19.4 Å². The van der Waals surface area contributed by atoms with Crippen LogP contribution >= 0.6 is 11.6 Å². The summed E-state index contributed by atoms with van der Waals surface area (Å²) >= 11 is 6.14. The van der Waals surface area contributed by atoms with E-state index in [0.717, 1.165) is 6.08 Å². The van der Waals surface area contributed by atoms with Gasteiger partial charge in [-0.1, -0.05) is 11.6 Å². The van der Waals surface area contributed by atoms with Crippen LogP contribution in [0.3, 0.4) is 0 Å². The van der Waals surface area contributed by atoms with E-state index in [1.54, 1.807) is 19.1 Å². The molecule has 1 rings (SSSR count). The Morgan fingerprint density at radius 2 is 1.96 bits per heavy atom. The molecule has 0 aromatic heterocycles. The van der Waals surface area contributed by atoms with Gasteiger partial charge in [-0.2, -0.15) is 0 Å². The number of hydrogen-bond donors (Lipinski definition) is 2. The van der Waals surface area contributed by atoms with Crippen LogP contribution in [0.5, 0.6) is 11.5 Å². The minimum Gasteiger partial charge on any atom is -0.493 e. The monoisotopic (exact) mass is 384 g/mol. The Balaban J connectivity index is 2.64. The number of carbonyl (C=O) groups excluding carboxylic acids is 3. The number of nitrogens with one attached hydrogen (secondary N) is 2. The molecule has 2 N–H and O–H groups in total. The van der Waals surface area contributed by atoms with E-state index in [-0.39, 0.29) is 0 Å². The van der Waals surface area contributed by atoms with Gasteiger partial charge >= 0.3 is 12.0 Å².